The highest BCUT2D eigenvalue weighted by Gasteiger charge is 2.32. The number of anilines is 1. The van der Waals surface area contributed by atoms with Crippen molar-refractivity contribution in [1.29, 1.82) is 0 Å². The first-order chi connectivity index (χ1) is 12.0. The number of rotatable bonds is 4. The van der Waals surface area contributed by atoms with E-state index in [4.69, 9.17) is 23.2 Å². The van der Waals surface area contributed by atoms with Gasteiger partial charge in [-0.25, -0.2) is 0 Å². The monoisotopic (exact) mass is 380 g/mol. The van der Waals surface area contributed by atoms with E-state index < -0.39 is 6.04 Å². The van der Waals surface area contributed by atoms with Gasteiger partial charge in [0, 0.05) is 17.6 Å². The molecule has 134 valence electrons. The molecule has 1 unspecified atom stereocenters. The second kappa shape index (κ2) is 7.79. The second-order valence-corrected chi connectivity index (χ2v) is 7.66. The van der Waals surface area contributed by atoms with Crippen LogP contribution in [0.25, 0.3) is 0 Å². The van der Waals surface area contributed by atoms with Crippen LogP contribution in [0.4, 0.5) is 5.69 Å². The van der Waals surface area contributed by atoms with Gasteiger partial charge in [-0.15, -0.1) is 0 Å². The van der Waals surface area contributed by atoms with Crippen molar-refractivity contribution in [1.82, 2.24) is 4.90 Å². The van der Waals surface area contributed by atoms with E-state index in [-0.39, 0.29) is 11.8 Å². The molecule has 1 heterocycles. The topological polar surface area (TPSA) is 49.4 Å². The van der Waals surface area contributed by atoms with Gasteiger partial charge in [0.15, 0.2) is 0 Å². The number of allylic oxidation sites excluding steroid dienone is 1. The van der Waals surface area contributed by atoms with Crippen LogP contribution in [-0.2, 0) is 9.59 Å². The van der Waals surface area contributed by atoms with E-state index in [2.05, 4.69) is 5.32 Å². The van der Waals surface area contributed by atoms with Crippen molar-refractivity contribution in [2.75, 3.05) is 11.9 Å². The summed E-state index contributed by atoms with van der Waals surface area (Å²) in [4.78, 5) is 27.1. The van der Waals surface area contributed by atoms with E-state index >= 15 is 0 Å². The van der Waals surface area contributed by atoms with E-state index in [0.717, 1.165) is 31.3 Å². The molecule has 1 atom stereocenters. The number of hydrogen-bond donors (Lipinski definition) is 1. The molecule has 1 aliphatic heterocycles. The van der Waals surface area contributed by atoms with E-state index in [1.165, 1.54) is 0 Å². The van der Waals surface area contributed by atoms with Crippen LogP contribution in [0, 0.1) is 5.92 Å². The minimum Gasteiger partial charge on any atom is -0.327 e. The van der Waals surface area contributed by atoms with Crippen molar-refractivity contribution < 1.29 is 9.59 Å². The third-order valence-electron chi connectivity index (χ3n) is 4.85. The smallest absolute Gasteiger partial charge is 0.247 e. The molecule has 6 heteroatoms. The summed E-state index contributed by atoms with van der Waals surface area (Å²) < 4.78 is 0. The molecular formula is C19H22Cl2N2O2. The lowest BCUT2D eigenvalue weighted by Crippen LogP contribution is -2.49. The summed E-state index contributed by atoms with van der Waals surface area (Å²) >= 11 is 12.0. The lowest BCUT2D eigenvalue weighted by Gasteiger charge is -2.34. The van der Waals surface area contributed by atoms with Crippen LogP contribution in [0.5, 0.6) is 0 Å². The Labute approximate surface area is 158 Å². The highest BCUT2D eigenvalue weighted by Crippen LogP contribution is 2.36. The Balaban J connectivity index is 1.72. The summed E-state index contributed by atoms with van der Waals surface area (Å²) in [6, 6.07) is 4.48. The number of likely N-dealkylation sites (tertiary alicyclic amines) is 1. The Morgan fingerprint density at radius 1 is 1.20 bits per heavy atom. The van der Waals surface area contributed by atoms with Crippen molar-refractivity contribution in [3.05, 3.63) is 39.9 Å². The van der Waals surface area contributed by atoms with Gasteiger partial charge in [-0.3, -0.25) is 9.59 Å². The van der Waals surface area contributed by atoms with Gasteiger partial charge < -0.3 is 10.2 Å². The van der Waals surface area contributed by atoms with Gasteiger partial charge in [0.05, 0.1) is 10.7 Å². The van der Waals surface area contributed by atoms with Gasteiger partial charge >= 0.3 is 0 Å². The predicted octanol–water partition coefficient (Wildman–Crippen LogP) is 4.67. The van der Waals surface area contributed by atoms with Crippen molar-refractivity contribution in [3.63, 3.8) is 0 Å². The Kier molecular flexibility index (Phi) is 5.70. The van der Waals surface area contributed by atoms with Gasteiger partial charge in [-0.1, -0.05) is 28.8 Å². The molecule has 2 fully saturated rings. The van der Waals surface area contributed by atoms with Crippen LogP contribution in [0.2, 0.25) is 10.0 Å². The number of hydrogen-bond acceptors (Lipinski definition) is 2. The Morgan fingerprint density at radius 3 is 2.64 bits per heavy atom. The molecular weight excluding hydrogens is 359 g/mol. The Morgan fingerprint density at radius 2 is 1.96 bits per heavy atom. The molecule has 0 radical (unpaired) electrons. The minimum absolute atomic E-state index is 0.0635. The first kappa shape index (κ1) is 18.3. The SMILES string of the molecule is CC(=CC(=O)N1CCCCC1C(=O)Nc1ccc(Cl)cc1Cl)C1CC1. The van der Waals surface area contributed by atoms with Crippen LogP contribution in [0.1, 0.15) is 39.0 Å². The summed E-state index contributed by atoms with van der Waals surface area (Å²) in [5.74, 6) is 0.287. The third-order valence-corrected chi connectivity index (χ3v) is 5.40. The number of nitrogens with one attached hydrogen (secondary N) is 1. The van der Waals surface area contributed by atoms with Crippen molar-refractivity contribution in [3.8, 4) is 0 Å². The maximum atomic E-state index is 12.7. The standard InChI is InChI=1S/C19H22Cl2N2O2/c1-12(13-5-6-13)10-18(24)23-9-3-2-4-17(23)19(25)22-16-8-7-14(20)11-15(16)21/h7-8,10-11,13,17H,2-6,9H2,1H3,(H,22,25). The van der Waals surface area contributed by atoms with Crippen molar-refractivity contribution in [2.45, 2.75) is 45.1 Å². The lowest BCUT2D eigenvalue weighted by molar-refractivity contribution is -0.136. The zero-order chi connectivity index (χ0) is 18.0. The number of amides is 2. The molecule has 1 aromatic rings. The van der Waals surface area contributed by atoms with E-state index in [9.17, 15) is 9.59 Å². The quantitative estimate of drug-likeness (QED) is 0.771. The minimum atomic E-state index is -0.462. The zero-order valence-corrected chi connectivity index (χ0v) is 15.7. The van der Waals surface area contributed by atoms with Crippen LogP contribution in [0.3, 0.4) is 0 Å². The van der Waals surface area contributed by atoms with Crippen LogP contribution >= 0.6 is 23.2 Å². The highest BCUT2D eigenvalue weighted by atomic mass is 35.5. The van der Waals surface area contributed by atoms with Gasteiger partial charge in [0.25, 0.3) is 0 Å². The maximum Gasteiger partial charge on any atom is 0.247 e. The Hall–Kier alpha value is -1.52. The average Bonchev–Trinajstić information content (AvgIpc) is 3.42. The Bertz CT molecular complexity index is 713. The number of piperidine rings is 1. The molecule has 4 nitrogen and oxygen atoms in total. The molecule has 1 N–H and O–H groups in total. The molecule has 2 amide bonds. The fourth-order valence-electron chi connectivity index (χ4n) is 3.21. The molecule has 0 bridgehead atoms. The number of carbonyl (C=O) groups excluding carboxylic acids is 2. The van der Waals surface area contributed by atoms with Gasteiger partial charge in [-0.2, -0.15) is 0 Å². The summed E-state index contributed by atoms with van der Waals surface area (Å²) in [7, 11) is 0. The van der Waals surface area contributed by atoms with Gasteiger partial charge in [-0.05, 0) is 63.1 Å². The van der Waals surface area contributed by atoms with E-state index in [1.54, 1.807) is 29.2 Å². The van der Waals surface area contributed by atoms with Crippen molar-refractivity contribution in [2.24, 2.45) is 5.92 Å². The zero-order valence-electron chi connectivity index (χ0n) is 14.2. The average molecular weight is 381 g/mol. The number of nitrogens with zero attached hydrogens (tertiary/aromatic N) is 1. The summed E-state index contributed by atoms with van der Waals surface area (Å²) in [5.41, 5.74) is 1.63. The first-order valence-corrected chi connectivity index (χ1v) is 9.46. The maximum absolute atomic E-state index is 12.7. The number of halogens is 2. The van der Waals surface area contributed by atoms with Crippen LogP contribution in [0.15, 0.2) is 29.8 Å². The molecule has 2 aliphatic rings. The normalized spacial score (nSPS) is 21.2. The number of carbonyl (C=O) groups is 2. The largest absolute Gasteiger partial charge is 0.327 e. The molecule has 1 saturated carbocycles. The molecule has 1 saturated heterocycles. The molecule has 3 rings (SSSR count). The first-order valence-electron chi connectivity index (χ1n) is 8.70. The fourth-order valence-corrected chi connectivity index (χ4v) is 3.66. The van der Waals surface area contributed by atoms with Gasteiger partial charge in [0.2, 0.25) is 11.8 Å². The molecule has 0 spiro atoms. The molecule has 1 aromatic carbocycles. The van der Waals surface area contributed by atoms with E-state index in [0.29, 0.717) is 34.6 Å². The number of benzene rings is 1. The predicted molar refractivity (Wildman–Crippen MR) is 101 cm³/mol. The van der Waals surface area contributed by atoms with Crippen molar-refractivity contribution >= 4 is 40.7 Å². The van der Waals surface area contributed by atoms with Crippen LogP contribution < -0.4 is 5.32 Å². The molecule has 25 heavy (non-hydrogen) atoms. The highest BCUT2D eigenvalue weighted by molar-refractivity contribution is 6.36. The lowest BCUT2D eigenvalue weighted by atomic mass is 10.0. The fraction of sp³-hybridized carbons (Fsp3) is 0.474. The summed E-state index contributed by atoms with van der Waals surface area (Å²) in [5, 5.41) is 3.74. The second-order valence-electron chi connectivity index (χ2n) is 6.82. The third kappa shape index (κ3) is 4.56. The van der Waals surface area contributed by atoms with E-state index in [1.807, 2.05) is 6.92 Å². The molecule has 1 aliphatic carbocycles. The molecule has 0 aromatic heterocycles. The summed E-state index contributed by atoms with van der Waals surface area (Å²) in [6.07, 6.45) is 6.55. The van der Waals surface area contributed by atoms with Gasteiger partial charge in [0.1, 0.15) is 6.04 Å². The van der Waals surface area contributed by atoms with Crippen LogP contribution in [-0.4, -0.2) is 29.3 Å². The summed E-state index contributed by atoms with van der Waals surface area (Å²) in [6.45, 7) is 2.61.